The topological polar surface area (TPSA) is 0 Å². The van der Waals surface area contributed by atoms with E-state index in [1.165, 1.54) is 39.4 Å². The summed E-state index contributed by atoms with van der Waals surface area (Å²) in [7, 11) is 0. The summed E-state index contributed by atoms with van der Waals surface area (Å²) in [6.07, 6.45) is 3.41. The number of fused-ring (bicyclic) bond motifs is 3. The minimum Gasteiger partial charge on any atom is -0.0620 e. The molecular weight excluding hydrogens is 228 g/mol. The molecule has 0 fully saturated rings. The molecule has 0 aliphatic heterocycles. The summed E-state index contributed by atoms with van der Waals surface area (Å²) in [6.45, 7) is 0. The Morgan fingerprint density at radius 2 is 1.11 bits per heavy atom. The van der Waals surface area contributed by atoms with Crippen LogP contribution in [0.2, 0.25) is 0 Å². The first kappa shape index (κ1) is 10.8. The molecule has 0 saturated heterocycles. The fraction of sp³-hybridized carbons (Fsp3) is 0.158. The lowest BCUT2D eigenvalue weighted by Gasteiger charge is -2.08. The molecule has 3 aromatic carbocycles. The summed E-state index contributed by atoms with van der Waals surface area (Å²) in [4.78, 5) is 0. The quantitative estimate of drug-likeness (QED) is 0.545. The second-order valence-corrected chi connectivity index (χ2v) is 5.41. The van der Waals surface area contributed by atoms with Crippen LogP contribution in [-0.2, 0) is 19.3 Å². The maximum atomic E-state index is 2.39. The van der Waals surface area contributed by atoms with Gasteiger partial charge in [-0.15, -0.1) is 0 Å². The van der Waals surface area contributed by atoms with Crippen LogP contribution < -0.4 is 0 Å². The fourth-order valence-electron chi connectivity index (χ4n) is 3.18. The number of hydrogen-bond donors (Lipinski definition) is 0. The lowest BCUT2D eigenvalue weighted by molar-refractivity contribution is 0.967. The van der Waals surface area contributed by atoms with E-state index in [1.807, 2.05) is 0 Å². The Balaban J connectivity index is 1.90. The third-order valence-corrected chi connectivity index (χ3v) is 4.23. The van der Waals surface area contributed by atoms with Gasteiger partial charge in [-0.2, -0.15) is 0 Å². The van der Waals surface area contributed by atoms with Crippen molar-refractivity contribution in [1.29, 1.82) is 0 Å². The molecule has 0 amide bonds. The van der Waals surface area contributed by atoms with Gasteiger partial charge in [0.2, 0.25) is 0 Å². The van der Waals surface area contributed by atoms with E-state index in [0.29, 0.717) is 0 Å². The van der Waals surface area contributed by atoms with Crippen LogP contribution in [0.3, 0.4) is 0 Å². The zero-order chi connectivity index (χ0) is 12.7. The second-order valence-electron chi connectivity index (χ2n) is 5.41. The Hall–Kier alpha value is -2.08. The van der Waals surface area contributed by atoms with E-state index in [0.717, 1.165) is 12.8 Å². The van der Waals surface area contributed by atoms with Crippen molar-refractivity contribution in [3.63, 3.8) is 0 Å². The Kier molecular flexibility index (Phi) is 2.41. The summed E-state index contributed by atoms with van der Waals surface area (Å²) in [6, 6.07) is 22.3. The molecule has 0 radical (unpaired) electrons. The SMILES string of the molecule is c1ccc2c(c1)CCc1cc3ccccc3cc1C2. The number of benzene rings is 3. The van der Waals surface area contributed by atoms with E-state index in [4.69, 9.17) is 0 Å². The van der Waals surface area contributed by atoms with Crippen molar-refractivity contribution in [2.24, 2.45) is 0 Å². The highest BCUT2D eigenvalue weighted by atomic mass is 14.2. The number of rotatable bonds is 0. The zero-order valence-corrected chi connectivity index (χ0v) is 10.9. The van der Waals surface area contributed by atoms with Crippen LogP contribution in [0.4, 0.5) is 0 Å². The van der Waals surface area contributed by atoms with Gasteiger partial charge in [0, 0.05) is 0 Å². The molecule has 0 nitrogen and oxygen atoms in total. The van der Waals surface area contributed by atoms with Crippen LogP contribution in [0.25, 0.3) is 10.8 Å². The summed E-state index contributed by atoms with van der Waals surface area (Å²) in [5.41, 5.74) is 6.04. The van der Waals surface area contributed by atoms with Crippen molar-refractivity contribution < 1.29 is 0 Å². The van der Waals surface area contributed by atoms with Crippen molar-refractivity contribution in [2.75, 3.05) is 0 Å². The van der Waals surface area contributed by atoms with Gasteiger partial charge in [0.15, 0.2) is 0 Å². The summed E-state index contributed by atoms with van der Waals surface area (Å²) < 4.78 is 0. The predicted octanol–water partition coefficient (Wildman–Crippen LogP) is 4.53. The van der Waals surface area contributed by atoms with Crippen LogP contribution in [0, 0.1) is 0 Å². The highest BCUT2D eigenvalue weighted by Crippen LogP contribution is 2.28. The van der Waals surface area contributed by atoms with Gasteiger partial charge >= 0.3 is 0 Å². The predicted molar refractivity (Wildman–Crippen MR) is 80.6 cm³/mol. The minimum atomic E-state index is 1.08. The first-order valence-electron chi connectivity index (χ1n) is 6.97. The molecular formula is C19H16. The Bertz CT molecular complexity index is 753. The maximum absolute atomic E-state index is 2.39. The van der Waals surface area contributed by atoms with Crippen LogP contribution in [0.5, 0.6) is 0 Å². The largest absolute Gasteiger partial charge is 0.0620 e. The normalized spacial score (nSPS) is 13.7. The highest BCUT2D eigenvalue weighted by molar-refractivity contribution is 5.84. The monoisotopic (exact) mass is 244 g/mol. The molecule has 0 heteroatoms. The smallest absolute Gasteiger partial charge is 0.00201 e. The third-order valence-electron chi connectivity index (χ3n) is 4.23. The molecule has 0 saturated carbocycles. The molecule has 0 aromatic heterocycles. The molecule has 3 aromatic rings. The van der Waals surface area contributed by atoms with Crippen molar-refractivity contribution in [2.45, 2.75) is 19.3 Å². The zero-order valence-electron chi connectivity index (χ0n) is 10.9. The fourth-order valence-corrected chi connectivity index (χ4v) is 3.18. The van der Waals surface area contributed by atoms with Gasteiger partial charge in [-0.25, -0.2) is 0 Å². The standard InChI is InChI=1S/C19H16/c1-2-6-15-12-19-13-17-8-4-3-7-16(17)11-18(19)10-9-14(15)5-1/h1-8,11,13H,9-10,12H2. The molecule has 0 heterocycles. The van der Waals surface area contributed by atoms with E-state index < -0.39 is 0 Å². The molecule has 0 spiro atoms. The Morgan fingerprint density at radius 1 is 0.526 bits per heavy atom. The van der Waals surface area contributed by atoms with Gasteiger partial charge in [0.1, 0.15) is 0 Å². The number of aryl methyl sites for hydroxylation is 2. The first-order chi connectivity index (χ1) is 9.40. The van der Waals surface area contributed by atoms with E-state index in [9.17, 15) is 0 Å². The lowest BCUT2D eigenvalue weighted by Crippen LogP contribution is -1.92. The molecule has 1 aliphatic rings. The van der Waals surface area contributed by atoms with Gasteiger partial charge in [-0.3, -0.25) is 0 Å². The molecule has 0 unspecified atom stereocenters. The molecule has 1 aliphatic carbocycles. The van der Waals surface area contributed by atoms with Gasteiger partial charge in [0.25, 0.3) is 0 Å². The van der Waals surface area contributed by atoms with E-state index in [2.05, 4.69) is 60.7 Å². The Morgan fingerprint density at radius 3 is 1.89 bits per heavy atom. The molecule has 19 heavy (non-hydrogen) atoms. The highest BCUT2D eigenvalue weighted by Gasteiger charge is 2.13. The average molecular weight is 244 g/mol. The molecule has 0 atom stereocenters. The first-order valence-corrected chi connectivity index (χ1v) is 6.97. The molecule has 4 rings (SSSR count). The lowest BCUT2D eigenvalue weighted by atomic mass is 9.97. The van der Waals surface area contributed by atoms with E-state index in [-0.39, 0.29) is 0 Å². The molecule has 92 valence electrons. The van der Waals surface area contributed by atoms with E-state index in [1.54, 1.807) is 0 Å². The summed E-state index contributed by atoms with van der Waals surface area (Å²) >= 11 is 0. The Labute approximate surface area is 113 Å². The van der Waals surface area contributed by atoms with Gasteiger partial charge in [0.05, 0.1) is 0 Å². The van der Waals surface area contributed by atoms with Crippen molar-refractivity contribution in [3.05, 3.63) is 82.9 Å². The van der Waals surface area contributed by atoms with Crippen molar-refractivity contribution in [1.82, 2.24) is 0 Å². The average Bonchev–Trinajstić information content (AvgIpc) is 2.63. The van der Waals surface area contributed by atoms with E-state index >= 15 is 0 Å². The molecule has 0 N–H and O–H groups in total. The van der Waals surface area contributed by atoms with Crippen LogP contribution in [0.15, 0.2) is 60.7 Å². The second kappa shape index (κ2) is 4.24. The van der Waals surface area contributed by atoms with Gasteiger partial charge in [-0.1, -0.05) is 60.7 Å². The summed E-state index contributed by atoms with van der Waals surface area (Å²) in [5, 5.41) is 2.73. The van der Waals surface area contributed by atoms with Crippen LogP contribution in [0.1, 0.15) is 22.3 Å². The minimum absolute atomic E-state index is 1.08. The maximum Gasteiger partial charge on any atom is -0.00201 e. The van der Waals surface area contributed by atoms with Crippen LogP contribution in [-0.4, -0.2) is 0 Å². The van der Waals surface area contributed by atoms with Crippen molar-refractivity contribution >= 4 is 10.8 Å². The van der Waals surface area contributed by atoms with Gasteiger partial charge in [-0.05, 0) is 52.3 Å². The third kappa shape index (κ3) is 1.84. The van der Waals surface area contributed by atoms with Crippen molar-refractivity contribution in [3.8, 4) is 0 Å². The van der Waals surface area contributed by atoms with Crippen LogP contribution >= 0.6 is 0 Å². The number of hydrogen-bond acceptors (Lipinski definition) is 0. The molecule has 0 bridgehead atoms. The van der Waals surface area contributed by atoms with Gasteiger partial charge < -0.3 is 0 Å². The summed E-state index contributed by atoms with van der Waals surface area (Å²) in [5.74, 6) is 0.